The van der Waals surface area contributed by atoms with Crippen LogP contribution in [0.3, 0.4) is 0 Å². The number of rotatable bonds is 5. The lowest BCUT2D eigenvalue weighted by Gasteiger charge is -2.36. The number of hydrogen-bond acceptors (Lipinski definition) is 3. The molecule has 25 heavy (non-hydrogen) atoms. The predicted molar refractivity (Wildman–Crippen MR) is 98.6 cm³/mol. The summed E-state index contributed by atoms with van der Waals surface area (Å²) in [4.78, 5) is 27.8. The molecule has 0 spiro atoms. The van der Waals surface area contributed by atoms with E-state index in [4.69, 9.17) is 4.74 Å². The number of ether oxygens (including phenoxy) is 1. The first-order chi connectivity index (χ1) is 11.9. The van der Waals surface area contributed by atoms with E-state index in [0.717, 1.165) is 17.7 Å². The molecule has 0 aromatic heterocycles. The van der Waals surface area contributed by atoms with Crippen molar-refractivity contribution in [2.45, 2.75) is 32.7 Å². The standard InChI is InChI=1S/C19H29N3O3/c1-14(2)11-17-13-25-10-9-22(17)19(24)20-16-7-5-15(6-8-16)12-18(23)21(3)4/h5-8,14,17H,9-13H2,1-4H3,(H,20,24)/t17-/m1/s1. The first kappa shape index (κ1) is 19.2. The van der Waals surface area contributed by atoms with Gasteiger partial charge in [0.25, 0.3) is 0 Å². The van der Waals surface area contributed by atoms with Crippen molar-refractivity contribution in [2.75, 3.05) is 39.2 Å². The van der Waals surface area contributed by atoms with Crippen molar-refractivity contribution >= 4 is 17.6 Å². The van der Waals surface area contributed by atoms with Gasteiger partial charge >= 0.3 is 6.03 Å². The Hall–Kier alpha value is -2.08. The SMILES string of the molecule is CC(C)C[C@@H]1COCCN1C(=O)Nc1ccc(CC(=O)N(C)C)cc1. The van der Waals surface area contributed by atoms with Crippen LogP contribution in [0, 0.1) is 5.92 Å². The third-order valence-corrected chi connectivity index (χ3v) is 4.29. The third kappa shape index (κ3) is 5.74. The quantitative estimate of drug-likeness (QED) is 0.890. The Morgan fingerprint density at radius 1 is 1.28 bits per heavy atom. The molecule has 1 aliphatic heterocycles. The Bertz CT molecular complexity index is 584. The molecule has 1 fully saturated rings. The van der Waals surface area contributed by atoms with E-state index in [1.165, 1.54) is 0 Å². The van der Waals surface area contributed by atoms with Crippen LogP contribution in [0.25, 0.3) is 0 Å². The van der Waals surface area contributed by atoms with Gasteiger partial charge in [0.05, 0.1) is 25.7 Å². The topological polar surface area (TPSA) is 61.9 Å². The Kier molecular flexibility index (Phi) is 6.82. The van der Waals surface area contributed by atoms with E-state index in [2.05, 4.69) is 19.2 Å². The van der Waals surface area contributed by atoms with Gasteiger partial charge in [-0.15, -0.1) is 0 Å². The maximum absolute atomic E-state index is 12.6. The highest BCUT2D eigenvalue weighted by atomic mass is 16.5. The van der Waals surface area contributed by atoms with Crippen LogP contribution in [0.4, 0.5) is 10.5 Å². The molecule has 1 saturated heterocycles. The molecule has 1 aliphatic rings. The van der Waals surface area contributed by atoms with Crippen LogP contribution in [-0.2, 0) is 16.0 Å². The van der Waals surface area contributed by atoms with Crippen molar-refractivity contribution in [3.8, 4) is 0 Å². The monoisotopic (exact) mass is 347 g/mol. The molecule has 2 rings (SSSR count). The highest BCUT2D eigenvalue weighted by molar-refractivity contribution is 5.89. The van der Waals surface area contributed by atoms with E-state index in [0.29, 0.717) is 32.1 Å². The third-order valence-electron chi connectivity index (χ3n) is 4.29. The van der Waals surface area contributed by atoms with Crippen LogP contribution in [0.1, 0.15) is 25.8 Å². The van der Waals surface area contributed by atoms with Crippen molar-refractivity contribution in [2.24, 2.45) is 5.92 Å². The van der Waals surface area contributed by atoms with E-state index in [1.54, 1.807) is 19.0 Å². The van der Waals surface area contributed by atoms with Crippen molar-refractivity contribution in [3.05, 3.63) is 29.8 Å². The van der Waals surface area contributed by atoms with Crippen molar-refractivity contribution < 1.29 is 14.3 Å². The number of carbonyl (C=O) groups excluding carboxylic acids is 2. The highest BCUT2D eigenvalue weighted by Crippen LogP contribution is 2.18. The van der Waals surface area contributed by atoms with Gasteiger partial charge in [0.2, 0.25) is 5.91 Å². The minimum absolute atomic E-state index is 0.0571. The van der Waals surface area contributed by atoms with E-state index in [9.17, 15) is 9.59 Å². The Morgan fingerprint density at radius 3 is 2.56 bits per heavy atom. The maximum atomic E-state index is 12.6. The van der Waals surface area contributed by atoms with Gasteiger partial charge in [-0.25, -0.2) is 4.79 Å². The second kappa shape index (κ2) is 8.85. The largest absolute Gasteiger partial charge is 0.377 e. The molecule has 0 unspecified atom stereocenters. The fourth-order valence-electron chi connectivity index (χ4n) is 2.90. The molecule has 6 nitrogen and oxygen atoms in total. The van der Waals surface area contributed by atoms with Gasteiger partial charge in [0.1, 0.15) is 0 Å². The lowest BCUT2D eigenvalue weighted by molar-refractivity contribution is -0.127. The number of urea groups is 1. The summed E-state index contributed by atoms with van der Waals surface area (Å²) in [5.74, 6) is 0.567. The number of hydrogen-bond donors (Lipinski definition) is 1. The molecule has 3 amide bonds. The van der Waals surface area contributed by atoms with Gasteiger partial charge < -0.3 is 19.9 Å². The minimum atomic E-state index is -0.0916. The molecule has 0 aliphatic carbocycles. The fraction of sp³-hybridized carbons (Fsp3) is 0.579. The molecule has 1 N–H and O–H groups in total. The van der Waals surface area contributed by atoms with Gasteiger partial charge in [-0.2, -0.15) is 0 Å². The molecule has 0 radical (unpaired) electrons. The normalized spacial score (nSPS) is 17.5. The zero-order valence-electron chi connectivity index (χ0n) is 15.6. The molecular formula is C19H29N3O3. The van der Waals surface area contributed by atoms with Gasteiger partial charge in [0, 0.05) is 26.3 Å². The van der Waals surface area contributed by atoms with Crippen LogP contribution in [-0.4, -0.2) is 61.6 Å². The number of carbonyl (C=O) groups is 2. The number of likely N-dealkylation sites (N-methyl/N-ethyl adjacent to an activating group) is 1. The van der Waals surface area contributed by atoms with Gasteiger partial charge in [-0.1, -0.05) is 26.0 Å². The van der Waals surface area contributed by atoms with Gasteiger partial charge in [-0.3, -0.25) is 4.79 Å². The Labute approximate surface area is 150 Å². The van der Waals surface area contributed by atoms with E-state index < -0.39 is 0 Å². The van der Waals surface area contributed by atoms with Gasteiger partial charge in [-0.05, 0) is 30.0 Å². The summed E-state index contributed by atoms with van der Waals surface area (Å²) in [7, 11) is 3.49. The average molecular weight is 347 g/mol. The van der Waals surface area contributed by atoms with Crippen molar-refractivity contribution in [3.63, 3.8) is 0 Å². The van der Waals surface area contributed by atoms with Crippen LogP contribution < -0.4 is 5.32 Å². The minimum Gasteiger partial charge on any atom is -0.377 e. The highest BCUT2D eigenvalue weighted by Gasteiger charge is 2.27. The van der Waals surface area contributed by atoms with E-state index >= 15 is 0 Å². The molecule has 0 bridgehead atoms. The van der Waals surface area contributed by atoms with Crippen LogP contribution in [0.2, 0.25) is 0 Å². The number of morpholine rings is 1. The second-order valence-corrected chi connectivity index (χ2v) is 7.14. The average Bonchev–Trinajstić information content (AvgIpc) is 2.56. The molecule has 1 atom stereocenters. The number of anilines is 1. The van der Waals surface area contributed by atoms with Gasteiger partial charge in [0.15, 0.2) is 0 Å². The summed E-state index contributed by atoms with van der Waals surface area (Å²) in [5.41, 5.74) is 1.67. The lowest BCUT2D eigenvalue weighted by Crippen LogP contribution is -2.50. The second-order valence-electron chi connectivity index (χ2n) is 7.14. The summed E-state index contributed by atoms with van der Waals surface area (Å²) in [6.45, 7) is 6.08. The van der Waals surface area contributed by atoms with E-state index in [1.807, 2.05) is 29.2 Å². The summed E-state index contributed by atoms with van der Waals surface area (Å²) < 4.78 is 5.53. The molecule has 6 heteroatoms. The lowest BCUT2D eigenvalue weighted by atomic mass is 10.0. The predicted octanol–water partition coefficient (Wildman–Crippen LogP) is 2.60. The van der Waals surface area contributed by atoms with E-state index in [-0.39, 0.29) is 18.0 Å². The maximum Gasteiger partial charge on any atom is 0.322 e. The summed E-state index contributed by atoms with van der Waals surface area (Å²) in [6.07, 6.45) is 1.29. The molecule has 138 valence electrons. The Balaban J connectivity index is 1.96. The number of nitrogens with one attached hydrogen (secondary N) is 1. The molecular weight excluding hydrogens is 318 g/mol. The van der Waals surface area contributed by atoms with Crippen molar-refractivity contribution in [1.82, 2.24) is 9.80 Å². The zero-order valence-corrected chi connectivity index (χ0v) is 15.6. The van der Waals surface area contributed by atoms with Crippen LogP contribution in [0.5, 0.6) is 0 Å². The van der Waals surface area contributed by atoms with Crippen LogP contribution >= 0.6 is 0 Å². The molecule has 1 aromatic rings. The first-order valence-electron chi connectivity index (χ1n) is 8.81. The molecule has 1 heterocycles. The summed E-state index contributed by atoms with van der Waals surface area (Å²) in [6, 6.07) is 7.46. The smallest absolute Gasteiger partial charge is 0.322 e. The van der Waals surface area contributed by atoms with Crippen LogP contribution in [0.15, 0.2) is 24.3 Å². The number of benzene rings is 1. The summed E-state index contributed by atoms with van der Waals surface area (Å²) >= 11 is 0. The number of amides is 3. The molecule has 1 aromatic carbocycles. The fourth-order valence-corrected chi connectivity index (χ4v) is 2.90. The Morgan fingerprint density at radius 2 is 1.96 bits per heavy atom. The zero-order chi connectivity index (χ0) is 18.4. The molecule has 0 saturated carbocycles. The summed E-state index contributed by atoms with van der Waals surface area (Å²) in [5, 5.41) is 2.95. The first-order valence-corrected chi connectivity index (χ1v) is 8.81. The van der Waals surface area contributed by atoms with Crippen molar-refractivity contribution in [1.29, 1.82) is 0 Å². The number of nitrogens with zero attached hydrogens (tertiary/aromatic N) is 2.